The average Bonchev–Trinajstić information content (AvgIpc) is 2.75. The Kier molecular flexibility index (Phi) is 4.43. The van der Waals surface area contributed by atoms with Gasteiger partial charge in [-0.25, -0.2) is 0 Å². The third-order valence-electron chi connectivity index (χ3n) is 4.10. The van der Waals surface area contributed by atoms with Crippen LogP contribution >= 0.6 is 12.2 Å². The van der Waals surface area contributed by atoms with Crippen molar-refractivity contribution in [1.82, 2.24) is 5.32 Å². The van der Waals surface area contributed by atoms with Crippen LogP contribution in [0.15, 0.2) is 12.1 Å². The highest BCUT2D eigenvalue weighted by Gasteiger charge is 2.31. The van der Waals surface area contributed by atoms with Gasteiger partial charge in [-0.2, -0.15) is 0 Å². The summed E-state index contributed by atoms with van der Waals surface area (Å²) >= 11 is 5.10. The standard InChI is InChI=1S/C16H22N2OS/c1-9-7-10(2)14(11(3)8-9)16(19)18-13-6-4-5-12(13)15(17)20/h7-8,12-13H,4-6H2,1-3H3,(H2,17,20)(H,18,19). The minimum atomic E-state index is -0.00634. The fourth-order valence-electron chi connectivity index (χ4n) is 3.25. The molecule has 0 bridgehead atoms. The van der Waals surface area contributed by atoms with E-state index in [1.54, 1.807) is 0 Å². The van der Waals surface area contributed by atoms with Gasteiger partial charge in [-0.1, -0.05) is 36.3 Å². The number of hydrogen-bond acceptors (Lipinski definition) is 2. The molecule has 4 heteroatoms. The van der Waals surface area contributed by atoms with Gasteiger partial charge in [0.05, 0.1) is 4.99 Å². The predicted octanol–water partition coefficient (Wildman–Crippen LogP) is 2.80. The molecule has 3 N–H and O–H groups in total. The van der Waals surface area contributed by atoms with Crippen molar-refractivity contribution in [3.63, 3.8) is 0 Å². The van der Waals surface area contributed by atoms with E-state index in [1.807, 2.05) is 32.9 Å². The van der Waals surface area contributed by atoms with Crippen LogP contribution in [0.25, 0.3) is 0 Å². The van der Waals surface area contributed by atoms with Crippen LogP contribution in [0, 0.1) is 26.7 Å². The number of nitrogens with one attached hydrogen (secondary N) is 1. The van der Waals surface area contributed by atoms with Gasteiger partial charge in [-0.3, -0.25) is 4.79 Å². The Hall–Kier alpha value is -1.42. The number of benzene rings is 1. The summed E-state index contributed by atoms with van der Waals surface area (Å²) in [4.78, 5) is 13.0. The summed E-state index contributed by atoms with van der Waals surface area (Å²) in [5, 5.41) is 3.12. The topological polar surface area (TPSA) is 55.1 Å². The second kappa shape index (κ2) is 5.92. The van der Waals surface area contributed by atoms with Crippen molar-refractivity contribution in [1.29, 1.82) is 0 Å². The van der Waals surface area contributed by atoms with Gasteiger partial charge in [0.25, 0.3) is 5.91 Å². The van der Waals surface area contributed by atoms with Crippen LogP contribution in [0.5, 0.6) is 0 Å². The summed E-state index contributed by atoms with van der Waals surface area (Å²) in [6.45, 7) is 6.00. The molecule has 0 aliphatic heterocycles. The first kappa shape index (κ1) is 15.0. The second-order valence-corrected chi connectivity index (χ2v) is 6.26. The fourth-order valence-corrected chi connectivity index (χ4v) is 3.53. The molecule has 0 saturated heterocycles. The number of nitrogens with two attached hydrogens (primary N) is 1. The second-order valence-electron chi connectivity index (χ2n) is 5.79. The molecule has 1 amide bonds. The van der Waals surface area contributed by atoms with E-state index < -0.39 is 0 Å². The van der Waals surface area contributed by atoms with Crippen molar-refractivity contribution >= 4 is 23.1 Å². The zero-order chi connectivity index (χ0) is 14.9. The molecule has 2 unspecified atom stereocenters. The van der Waals surface area contributed by atoms with Crippen LogP contribution in [0.1, 0.15) is 46.3 Å². The van der Waals surface area contributed by atoms with Gasteiger partial charge >= 0.3 is 0 Å². The third kappa shape index (κ3) is 3.01. The number of carbonyl (C=O) groups is 1. The van der Waals surface area contributed by atoms with Crippen LogP contribution in [-0.4, -0.2) is 16.9 Å². The summed E-state index contributed by atoms with van der Waals surface area (Å²) < 4.78 is 0. The molecule has 1 aromatic carbocycles. The number of hydrogen-bond donors (Lipinski definition) is 2. The van der Waals surface area contributed by atoms with E-state index >= 15 is 0 Å². The summed E-state index contributed by atoms with van der Waals surface area (Å²) in [5.41, 5.74) is 9.76. The van der Waals surface area contributed by atoms with Crippen LogP contribution < -0.4 is 11.1 Å². The predicted molar refractivity (Wildman–Crippen MR) is 86.0 cm³/mol. The van der Waals surface area contributed by atoms with Crippen molar-refractivity contribution in [2.45, 2.75) is 46.1 Å². The molecule has 3 nitrogen and oxygen atoms in total. The van der Waals surface area contributed by atoms with E-state index in [1.165, 1.54) is 5.56 Å². The van der Waals surface area contributed by atoms with E-state index in [-0.39, 0.29) is 17.9 Å². The van der Waals surface area contributed by atoms with Gasteiger partial charge in [0.15, 0.2) is 0 Å². The number of rotatable bonds is 3. The maximum Gasteiger partial charge on any atom is 0.252 e. The molecular formula is C16H22N2OS. The Labute approximate surface area is 125 Å². The van der Waals surface area contributed by atoms with Gasteiger partial charge in [0.2, 0.25) is 0 Å². The van der Waals surface area contributed by atoms with Crippen LogP contribution in [0.2, 0.25) is 0 Å². The van der Waals surface area contributed by atoms with E-state index in [2.05, 4.69) is 5.32 Å². The van der Waals surface area contributed by atoms with E-state index in [0.717, 1.165) is 36.0 Å². The molecule has 1 aliphatic rings. The lowest BCUT2D eigenvalue weighted by molar-refractivity contribution is 0.0932. The maximum atomic E-state index is 12.5. The smallest absolute Gasteiger partial charge is 0.252 e. The third-order valence-corrected chi connectivity index (χ3v) is 4.40. The highest BCUT2D eigenvalue weighted by atomic mass is 32.1. The van der Waals surface area contributed by atoms with Crippen LogP contribution in [-0.2, 0) is 0 Å². The summed E-state index contributed by atoms with van der Waals surface area (Å²) in [5.74, 6) is 0.133. The Morgan fingerprint density at radius 1 is 1.25 bits per heavy atom. The first-order valence-corrected chi connectivity index (χ1v) is 7.49. The molecule has 20 heavy (non-hydrogen) atoms. The van der Waals surface area contributed by atoms with Crippen molar-refractivity contribution in [3.8, 4) is 0 Å². The molecule has 1 aromatic rings. The Balaban J connectivity index is 2.19. The lowest BCUT2D eigenvalue weighted by Gasteiger charge is -2.21. The Morgan fingerprint density at radius 3 is 2.40 bits per heavy atom. The van der Waals surface area contributed by atoms with Crippen molar-refractivity contribution in [2.75, 3.05) is 0 Å². The SMILES string of the molecule is Cc1cc(C)c(C(=O)NC2CCCC2C(N)=S)c(C)c1. The summed E-state index contributed by atoms with van der Waals surface area (Å²) in [6, 6.07) is 4.17. The molecular weight excluding hydrogens is 268 g/mol. The molecule has 108 valence electrons. The number of aryl methyl sites for hydroxylation is 3. The molecule has 2 rings (SSSR count). The quantitative estimate of drug-likeness (QED) is 0.842. The lowest BCUT2D eigenvalue weighted by Crippen LogP contribution is -2.42. The normalized spacial score (nSPS) is 21.8. The van der Waals surface area contributed by atoms with Gasteiger partial charge in [-0.15, -0.1) is 0 Å². The fraction of sp³-hybridized carbons (Fsp3) is 0.500. The van der Waals surface area contributed by atoms with Gasteiger partial charge < -0.3 is 11.1 Å². The van der Waals surface area contributed by atoms with E-state index in [0.29, 0.717) is 4.99 Å². The molecule has 0 radical (unpaired) electrons. The van der Waals surface area contributed by atoms with Crippen molar-refractivity contribution in [2.24, 2.45) is 11.7 Å². The largest absolute Gasteiger partial charge is 0.393 e. The Morgan fingerprint density at radius 2 is 1.85 bits per heavy atom. The Bertz CT molecular complexity index is 530. The molecule has 0 aromatic heterocycles. The zero-order valence-corrected chi connectivity index (χ0v) is 13.1. The molecule has 0 spiro atoms. The van der Waals surface area contributed by atoms with Gasteiger partial charge in [0.1, 0.15) is 0 Å². The monoisotopic (exact) mass is 290 g/mol. The summed E-state index contributed by atoms with van der Waals surface area (Å²) in [6.07, 6.45) is 3.00. The first-order chi connectivity index (χ1) is 9.40. The molecule has 2 atom stereocenters. The molecule has 0 heterocycles. The van der Waals surface area contributed by atoms with Crippen LogP contribution in [0.4, 0.5) is 0 Å². The minimum absolute atomic E-state index is 0.00634. The molecule has 1 aliphatic carbocycles. The van der Waals surface area contributed by atoms with Crippen LogP contribution in [0.3, 0.4) is 0 Å². The maximum absolute atomic E-state index is 12.5. The van der Waals surface area contributed by atoms with E-state index in [9.17, 15) is 4.79 Å². The highest BCUT2D eigenvalue weighted by Crippen LogP contribution is 2.27. The summed E-state index contributed by atoms with van der Waals surface area (Å²) in [7, 11) is 0. The zero-order valence-electron chi connectivity index (χ0n) is 12.3. The minimum Gasteiger partial charge on any atom is -0.393 e. The lowest BCUT2D eigenvalue weighted by atomic mass is 9.98. The molecule has 1 saturated carbocycles. The van der Waals surface area contributed by atoms with E-state index in [4.69, 9.17) is 18.0 Å². The van der Waals surface area contributed by atoms with Gasteiger partial charge in [0, 0.05) is 17.5 Å². The number of thiocarbonyl (C=S) groups is 1. The average molecular weight is 290 g/mol. The van der Waals surface area contributed by atoms with Gasteiger partial charge in [-0.05, 0) is 44.7 Å². The van der Waals surface area contributed by atoms with Crippen molar-refractivity contribution < 1.29 is 4.79 Å². The molecule has 1 fully saturated rings. The highest BCUT2D eigenvalue weighted by molar-refractivity contribution is 7.80. The first-order valence-electron chi connectivity index (χ1n) is 7.08. The number of carbonyl (C=O) groups excluding carboxylic acids is 1. The number of amides is 1. The van der Waals surface area contributed by atoms with Crippen molar-refractivity contribution in [3.05, 3.63) is 34.4 Å².